The highest BCUT2D eigenvalue weighted by molar-refractivity contribution is 5.88. The van der Waals surface area contributed by atoms with E-state index in [2.05, 4.69) is 15.5 Å². The normalized spacial score (nSPS) is 11.3. The molecule has 126 valence electrons. The number of hydrogen-bond donors (Lipinski definition) is 1. The number of nitrogens with zero attached hydrogens (tertiary/aromatic N) is 3. The summed E-state index contributed by atoms with van der Waals surface area (Å²) >= 11 is 0. The summed E-state index contributed by atoms with van der Waals surface area (Å²) in [5, 5.41) is 12.2. The van der Waals surface area contributed by atoms with Crippen LogP contribution in [-0.4, -0.2) is 27.2 Å². The van der Waals surface area contributed by atoms with Gasteiger partial charge in [0.2, 0.25) is 11.8 Å². The molecule has 0 spiro atoms. The van der Waals surface area contributed by atoms with Crippen LogP contribution >= 0.6 is 0 Å². The number of amides is 1. The number of rotatable bonds is 6. The van der Waals surface area contributed by atoms with E-state index in [0.717, 1.165) is 23.0 Å². The molecule has 0 radical (unpaired) electrons. The highest BCUT2D eigenvalue weighted by Gasteiger charge is 2.18. The maximum Gasteiger partial charge on any atom is 0.264 e. The van der Waals surface area contributed by atoms with Crippen LogP contribution in [0.5, 0.6) is 0 Å². The van der Waals surface area contributed by atoms with Crippen LogP contribution < -0.4 is 5.32 Å². The van der Waals surface area contributed by atoms with E-state index in [1.807, 2.05) is 55.7 Å². The van der Waals surface area contributed by atoms with Gasteiger partial charge in [-0.3, -0.25) is 4.79 Å². The number of hydrogen-bond acceptors (Lipinski definition) is 4. The summed E-state index contributed by atoms with van der Waals surface area (Å²) in [4.78, 5) is 12.2. The summed E-state index contributed by atoms with van der Waals surface area (Å²) in [7, 11) is 0. The Morgan fingerprint density at radius 3 is 2.79 bits per heavy atom. The lowest BCUT2D eigenvalue weighted by Gasteiger charge is -2.09. The molecule has 2 aromatic heterocycles. The molecule has 3 aromatic rings. The molecule has 0 bridgehead atoms. The molecule has 6 heteroatoms. The van der Waals surface area contributed by atoms with Crippen molar-refractivity contribution in [1.82, 2.24) is 20.1 Å². The Morgan fingerprint density at radius 1 is 1.29 bits per heavy atom. The second kappa shape index (κ2) is 6.86. The van der Waals surface area contributed by atoms with Gasteiger partial charge in [-0.2, -0.15) is 0 Å². The fourth-order valence-electron chi connectivity index (χ4n) is 2.59. The molecule has 0 aliphatic rings. The Bertz CT molecular complexity index is 848. The van der Waals surface area contributed by atoms with Crippen LogP contribution in [0, 0.1) is 0 Å². The molecule has 1 amide bonds. The first-order valence-corrected chi connectivity index (χ1v) is 8.29. The van der Waals surface area contributed by atoms with Crippen molar-refractivity contribution >= 4 is 16.8 Å². The first-order valence-electron chi connectivity index (χ1n) is 8.29. The number of benzene rings is 1. The van der Waals surface area contributed by atoms with Crippen LogP contribution in [0.15, 0.2) is 34.7 Å². The molecule has 0 unspecified atom stereocenters. The third kappa shape index (κ3) is 3.18. The van der Waals surface area contributed by atoms with Crippen molar-refractivity contribution in [2.75, 3.05) is 6.54 Å². The van der Waals surface area contributed by atoms with Crippen LogP contribution in [0.3, 0.4) is 0 Å². The summed E-state index contributed by atoms with van der Waals surface area (Å²) in [6.45, 7) is 6.94. The van der Waals surface area contributed by atoms with E-state index in [1.165, 1.54) is 0 Å². The molecule has 0 aliphatic carbocycles. The van der Waals surface area contributed by atoms with E-state index < -0.39 is 0 Å². The summed E-state index contributed by atoms with van der Waals surface area (Å²) < 4.78 is 7.72. The number of carbonyl (C=O) groups is 1. The Hall–Kier alpha value is -2.63. The fraction of sp³-hybridized carbons (Fsp3) is 0.389. The fourth-order valence-corrected chi connectivity index (χ4v) is 2.59. The van der Waals surface area contributed by atoms with Gasteiger partial charge in [0.1, 0.15) is 12.2 Å². The van der Waals surface area contributed by atoms with E-state index >= 15 is 0 Å². The maximum atomic E-state index is 12.2. The lowest BCUT2D eigenvalue weighted by Crippen LogP contribution is -2.28. The Morgan fingerprint density at radius 2 is 2.08 bits per heavy atom. The molecule has 0 aliphatic heterocycles. The molecule has 0 fully saturated rings. The third-order valence-corrected chi connectivity index (χ3v) is 3.84. The average Bonchev–Trinajstić information content (AvgIpc) is 3.18. The lowest BCUT2D eigenvalue weighted by atomic mass is 10.2. The van der Waals surface area contributed by atoms with Crippen LogP contribution in [0.4, 0.5) is 0 Å². The molecule has 0 atom stereocenters. The predicted molar refractivity (Wildman–Crippen MR) is 92.6 cm³/mol. The molecule has 0 saturated carbocycles. The molecular formula is C18H22N4O2. The van der Waals surface area contributed by atoms with E-state index in [4.69, 9.17) is 4.42 Å². The topological polar surface area (TPSA) is 73.0 Å². The first-order chi connectivity index (χ1) is 11.6. The zero-order chi connectivity index (χ0) is 17.1. The SMILES string of the molecule is CCCNC(=O)Cn1c(-c2nnc(C(C)C)o2)cc2ccccc21. The van der Waals surface area contributed by atoms with Crippen molar-refractivity contribution in [3.63, 3.8) is 0 Å². The molecular weight excluding hydrogens is 304 g/mol. The van der Waals surface area contributed by atoms with Crippen LogP contribution in [0.25, 0.3) is 22.5 Å². The summed E-state index contributed by atoms with van der Waals surface area (Å²) in [6.07, 6.45) is 0.909. The Balaban J connectivity index is 2.02. The van der Waals surface area contributed by atoms with Crippen molar-refractivity contribution in [3.8, 4) is 11.6 Å². The van der Waals surface area contributed by atoms with E-state index in [1.54, 1.807) is 0 Å². The maximum absolute atomic E-state index is 12.2. The van der Waals surface area contributed by atoms with E-state index in [0.29, 0.717) is 18.3 Å². The quantitative estimate of drug-likeness (QED) is 0.754. The molecule has 1 aromatic carbocycles. The van der Waals surface area contributed by atoms with E-state index in [-0.39, 0.29) is 18.4 Å². The average molecular weight is 326 g/mol. The molecule has 6 nitrogen and oxygen atoms in total. The molecule has 2 heterocycles. The van der Waals surface area contributed by atoms with Crippen molar-refractivity contribution < 1.29 is 9.21 Å². The van der Waals surface area contributed by atoms with Crippen LogP contribution in [0.1, 0.15) is 39.0 Å². The lowest BCUT2D eigenvalue weighted by molar-refractivity contribution is -0.121. The minimum atomic E-state index is -0.0250. The van der Waals surface area contributed by atoms with Gasteiger partial charge in [0.15, 0.2) is 0 Å². The van der Waals surface area contributed by atoms with Gasteiger partial charge in [-0.15, -0.1) is 10.2 Å². The van der Waals surface area contributed by atoms with Gasteiger partial charge in [0.25, 0.3) is 5.89 Å². The van der Waals surface area contributed by atoms with Crippen molar-refractivity contribution in [2.45, 2.75) is 39.7 Å². The number of carbonyl (C=O) groups excluding carboxylic acids is 1. The van der Waals surface area contributed by atoms with Gasteiger partial charge in [-0.1, -0.05) is 39.0 Å². The number of fused-ring (bicyclic) bond motifs is 1. The monoisotopic (exact) mass is 326 g/mol. The van der Waals surface area contributed by atoms with E-state index in [9.17, 15) is 4.79 Å². The van der Waals surface area contributed by atoms with Gasteiger partial charge in [-0.05, 0) is 18.6 Å². The number of nitrogens with one attached hydrogen (secondary N) is 1. The summed E-state index contributed by atoms with van der Waals surface area (Å²) in [6, 6.07) is 9.92. The Kier molecular flexibility index (Phi) is 4.64. The van der Waals surface area contributed by atoms with Crippen molar-refractivity contribution in [3.05, 3.63) is 36.2 Å². The second-order valence-electron chi connectivity index (χ2n) is 6.12. The molecule has 3 rings (SSSR count). The number of aromatic nitrogens is 3. The Labute approximate surface area is 140 Å². The largest absolute Gasteiger partial charge is 0.419 e. The summed E-state index contributed by atoms with van der Waals surface area (Å²) in [5.74, 6) is 1.18. The zero-order valence-corrected chi connectivity index (χ0v) is 14.2. The van der Waals surface area contributed by atoms with Crippen molar-refractivity contribution in [1.29, 1.82) is 0 Å². The van der Waals surface area contributed by atoms with Crippen LogP contribution in [-0.2, 0) is 11.3 Å². The molecule has 1 N–H and O–H groups in total. The summed E-state index contributed by atoms with van der Waals surface area (Å²) in [5.41, 5.74) is 1.74. The van der Waals surface area contributed by atoms with Gasteiger partial charge >= 0.3 is 0 Å². The highest BCUT2D eigenvalue weighted by Crippen LogP contribution is 2.28. The first kappa shape index (κ1) is 16.2. The molecule has 0 saturated heterocycles. The van der Waals surface area contributed by atoms with Gasteiger partial charge in [0, 0.05) is 23.4 Å². The van der Waals surface area contributed by atoms with Gasteiger partial charge in [-0.25, -0.2) is 0 Å². The molecule has 24 heavy (non-hydrogen) atoms. The highest BCUT2D eigenvalue weighted by atomic mass is 16.4. The van der Waals surface area contributed by atoms with Crippen molar-refractivity contribution in [2.24, 2.45) is 0 Å². The second-order valence-corrected chi connectivity index (χ2v) is 6.12. The zero-order valence-electron chi connectivity index (χ0n) is 14.2. The van der Waals surface area contributed by atoms with Crippen LogP contribution in [0.2, 0.25) is 0 Å². The third-order valence-electron chi connectivity index (χ3n) is 3.84. The number of para-hydroxylation sites is 1. The minimum absolute atomic E-state index is 0.0250. The smallest absolute Gasteiger partial charge is 0.264 e. The van der Waals surface area contributed by atoms with Gasteiger partial charge in [0.05, 0.1) is 0 Å². The minimum Gasteiger partial charge on any atom is -0.419 e. The van der Waals surface area contributed by atoms with Gasteiger partial charge < -0.3 is 14.3 Å². The predicted octanol–water partition coefficient (Wildman–Crippen LogP) is 3.34. The standard InChI is InChI=1S/C18H22N4O2/c1-4-9-19-16(23)11-22-14-8-6-5-7-13(14)10-15(22)18-21-20-17(24-18)12(2)3/h5-8,10,12H,4,9,11H2,1-3H3,(H,19,23).